The highest BCUT2D eigenvalue weighted by Crippen LogP contribution is 2.31. The molecule has 23 heavy (non-hydrogen) atoms. The lowest BCUT2D eigenvalue weighted by Crippen LogP contribution is -2.44. The lowest BCUT2D eigenvalue weighted by atomic mass is 9.78. The van der Waals surface area contributed by atoms with Crippen LogP contribution in [0, 0.1) is 11.8 Å². The van der Waals surface area contributed by atoms with Gasteiger partial charge in [-0.25, -0.2) is 0 Å². The molecule has 134 valence electrons. The lowest BCUT2D eigenvalue weighted by Gasteiger charge is -2.34. The Hall–Kier alpha value is -0.400. The zero-order valence-electron chi connectivity index (χ0n) is 14.7. The summed E-state index contributed by atoms with van der Waals surface area (Å²) in [4.78, 5) is 28.5. The molecular formula is C16H30N2O3S2. The van der Waals surface area contributed by atoms with Gasteiger partial charge in [0.25, 0.3) is 0 Å². The molecule has 0 aromatic carbocycles. The topological polar surface area (TPSA) is 60.9 Å². The standard InChI is InChI=1S/C16H30N2O3S2/c1-17(5-7-22-3)15(20)12-9-13(11-14(19)10-12)16(21)18(2)6-8-23-4/h12-14,19H,5-11H2,1-4H3/t12-,13+,14?. The van der Waals surface area contributed by atoms with Gasteiger partial charge in [-0.3, -0.25) is 9.59 Å². The summed E-state index contributed by atoms with van der Waals surface area (Å²) in [6, 6.07) is 0. The van der Waals surface area contributed by atoms with Crippen molar-refractivity contribution in [1.82, 2.24) is 9.80 Å². The van der Waals surface area contributed by atoms with Gasteiger partial charge in [0.2, 0.25) is 11.8 Å². The molecule has 3 atom stereocenters. The van der Waals surface area contributed by atoms with Crippen LogP contribution in [0.2, 0.25) is 0 Å². The van der Waals surface area contributed by atoms with Gasteiger partial charge in [-0.1, -0.05) is 0 Å². The van der Waals surface area contributed by atoms with E-state index in [4.69, 9.17) is 0 Å². The average molecular weight is 363 g/mol. The van der Waals surface area contributed by atoms with Gasteiger partial charge >= 0.3 is 0 Å². The van der Waals surface area contributed by atoms with E-state index >= 15 is 0 Å². The van der Waals surface area contributed by atoms with Crippen LogP contribution in [0.15, 0.2) is 0 Å². The first-order chi connectivity index (χ1) is 10.9. The monoisotopic (exact) mass is 362 g/mol. The Bertz CT molecular complexity index is 362. The maximum Gasteiger partial charge on any atom is 0.225 e. The molecular weight excluding hydrogens is 332 g/mol. The summed E-state index contributed by atoms with van der Waals surface area (Å²) >= 11 is 3.41. The van der Waals surface area contributed by atoms with Gasteiger partial charge in [0, 0.05) is 50.5 Å². The van der Waals surface area contributed by atoms with Crippen LogP contribution in [0.5, 0.6) is 0 Å². The van der Waals surface area contributed by atoms with Crippen molar-refractivity contribution in [3.63, 3.8) is 0 Å². The third-order valence-electron chi connectivity index (χ3n) is 4.39. The first-order valence-electron chi connectivity index (χ1n) is 8.06. The molecule has 1 aliphatic carbocycles. The largest absolute Gasteiger partial charge is 0.393 e. The second kappa shape index (κ2) is 10.5. The van der Waals surface area contributed by atoms with Crippen molar-refractivity contribution in [2.45, 2.75) is 25.4 Å². The van der Waals surface area contributed by atoms with Crippen LogP contribution >= 0.6 is 23.5 Å². The highest BCUT2D eigenvalue weighted by molar-refractivity contribution is 7.98. The van der Waals surface area contributed by atoms with Gasteiger partial charge in [0.1, 0.15) is 0 Å². The molecule has 0 saturated heterocycles. The third-order valence-corrected chi connectivity index (χ3v) is 5.58. The normalized spacial score (nSPS) is 24.3. The molecule has 1 N–H and O–H groups in total. The number of carbonyl (C=O) groups is 2. The van der Waals surface area contributed by atoms with E-state index in [1.165, 1.54) is 0 Å². The number of hydrogen-bond donors (Lipinski definition) is 1. The minimum atomic E-state index is -0.561. The zero-order chi connectivity index (χ0) is 17.4. The Morgan fingerprint density at radius 3 is 1.65 bits per heavy atom. The molecule has 2 amide bonds. The second-order valence-electron chi connectivity index (χ2n) is 6.26. The quantitative estimate of drug-likeness (QED) is 0.707. The molecule has 1 rings (SSSR count). The Morgan fingerprint density at radius 1 is 0.913 bits per heavy atom. The van der Waals surface area contributed by atoms with Crippen molar-refractivity contribution in [3.05, 3.63) is 0 Å². The van der Waals surface area contributed by atoms with E-state index in [2.05, 4.69) is 0 Å². The van der Waals surface area contributed by atoms with E-state index in [0.717, 1.165) is 11.5 Å². The van der Waals surface area contributed by atoms with Crippen molar-refractivity contribution in [1.29, 1.82) is 0 Å². The van der Waals surface area contributed by atoms with E-state index in [9.17, 15) is 14.7 Å². The van der Waals surface area contributed by atoms with Crippen molar-refractivity contribution in [3.8, 4) is 0 Å². The number of hydrogen-bond acceptors (Lipinski definition) is 5. The fourth-order valence-electron chi connectivity index (χ4n) is 2.99. The van der Waals surface area contributed by atoms with Crippen molar-refractivity contribution < 1.29 is 14.7 Å². The molecule has 0 bridgehead atoms. The average Bonchev–Trinajstić information content (AvgIpc) is 2.55. The van der Waals surface area contributed by atoms with Crippen molar-refractivity contribution in [2.75, 3.05) is 51.2 Å². The Balaban J connectivity index is 2.64. The molecule has 7 heteroatoms. The molecule has 0 heterocycles. The van der Waals surface area contributed by atoms with Crippen LogP contribution < -0.4 is 0 Å². The Labute approximate surface area is 148 Å². The molecule has 1 saturated carbocycles. The van der Waals surface area contributed by atoms with E-state index in [0.29, 0.717) is 32.4 Å². The fourth-order valence-corrected chi connectivity index (χ4v) is 3.91. The number of thioether (sulfide) groups is 2. The van der Waals surface area contributed by atoms with Gasteiger partial charge in [0.15, 0.2) is 0 Å². The van der Waals surface area contributed by atoms with Gasteiger partial charge in [0.05, 0.1) is 6.10 Å². The summed E-state index contributed by atoms with van der Waals surface area (Å²) in [5.74, 6) is 1.43. The van der Waals surface area contributed by atoms with Crippen LogP contribution in [-0.4, -0.2) is 84.0 Å². The van der Waals surface area contributed by atoms with Gasteiger partial charge < -0.3 is 14.9 Å². The summed E-state index contributed by atoms with van der Waals surface area (Å²) in [7, 11) is 3.61. The van der Waals surface area contributed by atoms with Crippen LogP contribution in [0.3, 0.4) is 0 Å². The Morgan fingerprint density at radius 2 is 1.30 bits per heavy atom. The second-order valence-corrected chi connectivity index (χ2v) is 8.23. The predicted molar refractivity (Wildman–Crippen MR) is 98.9 cm³/mol. The molecule has 0 spiro atoms. The van der Waals surface area contributed by atoms with E-state index in [1.807, 2.05) is 12.5 Å². The molecule has 5 nitrogen and oxygen atoms in total. The van der Waals surface area contributed by atoms with Crippen LogP contribution in [-0.2, 0) is 9.59 Å². The number of aliphatic hydroxyl groups is 1. The number of aliphatic hydroxyl groups excluding tert-OH is 1. The zero-order valence-corrected chi connectivity index (χ0v) is 16.3. The first kappa shape index (κ1) is 20.6. The van der Waals surface area contributed by atoms with Crippen LogP contribution in [0.1, 0.15) is 19.3 Å². The minimum absolute atomic E-state index is 0.0577. The van der Waals surface area contributed by atoms with Crippen molar-refractivity contribution in [2.24, 2.45) is 11.8 Å². The summed E-state index contributed by atoms with van der Waals surface area (Å²) < 4.78 is 0. The maximum atomic E-state index is 12.5. The van der Waals surface area contributed by atoms with E-state index in [-0.39, 0.29) is 23.7 Å². The molecule has 1 aliphatic rings. The summed E-state index contributed by atoms with van der Waals surface area (Å²) in [5, 5.41) is 10.1. The number of nitrogens with zero attached hydrogens (tertiary/aromatic N) is 2. The molecule has 0 radical (unpaired) electrons. The SMILES string of the molecule is CSCCN(C)C(=O)[C@@H]1CC(O)C[C@H](C(=O)N(C)CCSC)C1. The Kier molecular flexibility index (Phi) is 9.39. The van der Waals surface area contributed by atoms with Crippen molar-refractivity contribution >= 4 is 35.3 Å². The summed E-state index contributed by atoms with van der Waals surface area (Å²) in [5.41, 5.74) is 0. The maximum absolute atomic E-state index is 12.5. The van der Waals surface area contributed by atoms with Gasteiger partial charge in [-0.2, -0.15) is 23.5 Å². The van der Waals surface area contributed by atoms with E-state index < -0.39 is 6.10 Å². The summed E-state index contributed by atoms with van der Waals surface area (Å²) in [6.07, 6.45) is 4.97. The predicted octanol–water partition coefficient (Wildman–Crippen LogP) is 1.41. The van der Waals surface area contributed by atoms with Gasteiger partial charge in [-0.15, -0.1) is 0 Å². The third kappa shape index (κ3) is 6.55. The number of rotatable bonds is 8. The summed E-state index contributed by atoms with van der Waals surface area (Å²) in [6.45, 7) is 1.41. The molecule has 1 fully saturated rings. The first-order valence-corrected chi connectivity index (χ1v) is 10.8. The molecule has 0 aromatic rings. The number of amides is 2. The number of carbonyl (C=O) groups excluding carboxylic acids is 2. The van der Waals surface area contributed by atoms with Crippen LogP contribution in [0.25, 0.3) is 0 Å². The lowest BCUT2D eigenvalue weighted by molar-refractivity contribution is -0.142. The van der Waals surface area contributed by atoms with Crippen LogP contribution in [0.4, 0.5) is 0 Å². The highest BCUT2D eigenvalue weighted by Gasteiger charge is 2.37. The van der Waals surface area contributed by atoms with E-state index in [1.54, 1.807) is 47.4 Å². The molecule has 0 aromatic heterocycles. The fraction of sp³-hybridized carbons (Fsp3) is 0.875. The minimum Gasteiger partial charge on any atom is -0.393 e. The molecule has 1 unspecified atom stereocenters. The highest BCUT2D eigenvalue weighted by atomic mass is 32.2. The van der Waals surface area contributed by atoms with Gasteiger partial charge in [-0.05, 0) is 31.8 Å². The smallest absolute Gasteiger partial charge is 0.225 e. The molecule has 0 aliphatic heterocycles.